The zero-order valence-electron chi connectivity index (χ0n) is 14.6. The maximum absolute atomic E-state index is 14.6. The van der Waals surface area contributed by atoms with Crippen molar-refractivity contribution >= 4 is 23.3 Å². The standard InChI is InChI=1S/C19H18FN5O2/c20-16-11-15(25-9-10-27-19(25)26)2-3-17(16)23-5-7-24(8-6-23)18-4-1-14(12-21)13-22-18/h1-4,11,13H,5-10H2. The van der Waals surface area contributed by atoms with E-state index < -0.39 is 6.09 Å². The fourth-order valence-electron chi connectivity index (χ4n) is 3.36. The van der Waals surface area contributed by atoms with Crippen LogP contribution in [0, 0.1) is 17.1 Å². The molecule has 7 nitrogen and oxygen atoms in total. The van der Waals surface area contributed by atoms with Crippen molar-refractivity contribution in [1.82, 2.24) is 4.98 Å². The van der Waals surface area contributed by atoms with Crippen LogP contribution in [-0.2, 0) is 4.74 Å². The molecule has 0 saturated carbocycles. The predicted molar refractivity (Wildman–Crippen MR) is 98.5 cm³/mol. The lowest BCUT2D eigenvalue weighted by atomic mass is 10.2. The lowest BCUT2D eigenvalue weighted by Gasteiger charge is -2.37. The number of carbonyl (C=O) groups is 1. The van der Waals surface area contributed by atoms with Crippen LogP contribution in [0.3, 0.4) is 0 Å². The molecule has 0 aliphatic carbocycles. The monoisotopic (exact) mass is 367 g/mol. The van der Waals surface area contributed by atoms with Crippen LogP contribution in [0.15, 0.2) is 36.5 Å². The second-order valence-electron chi connectivity index (χ2n) is 6.39. The Morgan fingerprint density at radius 3 is 2.44 bits per heavy atom. The van der Waals surface area contributed by atoms with E-state index in [4.69, 9.17) is 10.00 Å². The number of halogens is 1. The normalized spacial score (nSPS) is 17.0. The first kappa shape index (κ1) is 17.1. The third kappa shape index (κ3) is 3.36. The molecule has 27 heavy (non-hydrogen) atoms. The number of pyridine rings is 1. The fourth-order valence-corrected chi connectivity index (χ4v) is 3.36. The smallest absolute Gasteiger partial charge is 0.414 e. The molecule has 2 aliphatic rings. The van der Waals surface area contributed by atoms with E-state index in [1.807, 2.05) is 11.0 Å². The fraction of sp³-hybridized carbons (Fsp3) is 0.316. The molecule has 2 saturated heterocycles. The Balaban J connectivity index is 1.43. The number of anilines is 3. The van der Waals surface area contributed by atoms with Gasteiger partial charge in [-0.2, -0.15) is 5.26 Å². The van der Waals surface area contributed by atoms with Gasteiger partial charge in [0.25, 0.3) is 0 Å². The van der Waals surface area contributed by atoms with E-state index in [-0.39, 0.29) is 5.82 Å². The van der Waals surface area contributed by atoms with Gasteiger partial charge in [-0.1, -0.05) is 0 Å². The molecule has 1 amide bonds. The molecule has 0 unspecified atom stereocenters. The molecule has 8 heteroatoms. The van der Waals surface area contributed by atoms with E-state index in [0.717, 1.165) is 5.82 Å². The van der Waals surface area contributed by atoms with Gasteiger partial charge in [-0.05, 0) is 30.3 Å². The molecule has 4 rings (SSSR count). The molecule has 0 radical (unpaired) electrons. The highest BCUT2D eigenvalue weighted by Crippen LogP contribution is 2.28. The molecule has 0 N–H and O–H groups in total. The Hall–Kier alpha value is -3.34. The van der Waals surface area contributed by atoms with E-state index >= 15 is 0 Å². The number of aromatic nitrogens is 1. The lowest BCUT2D eigenvalue weighted by Crippen LogP contribution is -2.47. The minimum absolute atomic E-state index is 0.327. The molecule has 138 valence electrons. The van der Waals surface area contributed by atoms with Crippen molar-refractivity contribution in [1.29, 1.82) is 5.26 Å². The number of carbonyl (C=O) groups excluding carboxylic acids is 1. The van der Waals surface area contributed by atoms with Crippen LogP contribution in [0.2, 0.25) is 0 Å². The molecule has 2 aliphatic heterocycles. The Bertz CT molecular complexity index is 888. The highest BCUT2D eigenvalue weighted by molar-refractivity contribution is 5.89. The van der Waals surface area contributed by atoms with E-state index in [1.165, 1.54) is 11.0 Å². The zero-order chi connectivity index (χ0) is 18.8. The first-order valence-electron chi connectivity index (χ1n) is 8.75. The van der Waals surface area contributed by atoms with Crippen molar-refractivity contribution in [3.63, 3.8) is 0 Å². The first-order valence-corrected chi connectivity index (χ1v) is 8.75. The van der Waals surface area contributed by atoms with Crippen LogP contribution in [0.1, 0.15) is 5.56 Å². The van der Waals surface area contributed by atoms with Crippen LogP contribution in [0.5, 0.6) is 0 Å². The summed E-state index contributed by atoms with van der Waals surface area (Å²) in [6, 6.07) is 10.5. The van der Waals surface area contributed by atoms with Crippen molar-refractivity contribution < 1.29 is 13.9 Å². The van der Waals surface area contributed by atoms with Crippen LogP contribution >= 0.6 is 0 Å². The Morgan fingerprint density at radius 1 is 1.07 bits per heavy atom. The number of ether oxygens (including phenoxy) is 1. The quantitative estimate of drug-likeness (QED) is 0.829. The highest BCUT2D eigenvalue weighted by Gasteiger charge is 2.26. The number of rotatable bonds is 3. The maximum Gasteiger partial charge on any atom is 0.414 e. The first-order chi connectivity index (χ1) is 13.2. The molecule has 1 aromatic heterocycles. The largest absolute Gasteiger partial charge is 0.447 e. The minimum Gasteiger partial charge on any atom is -0.447 e. The maximum atomic E-state index is 14.6. The Kier molecular flexibility index (Phi) is 4.50. The topological polar surface area (TPSA) is 72.7 Å². The average Bonchev–Trinajstić information content (AvgIpc) is 3.14. The predicted octanol–water partition coefficient (Wildman–Crippen LogP) is 2.38. The van der Waals surface area contributed by atoms with Crippen molar-refractivity contribution in [3.05, 3.63) is 47.9 Å². The van der Waals surface area contributed by atoms with Crippen LogP contribution in [-0.4, -0.2) is 50.4 Å². The number of benzene rings is 1. The van der Waals surface area contributed by atoms with Gasteiger partial charge in [0.2, 0.25) is 0 Å². The molecule has 0 spiro atoms. The molecule has 0 bridgehead atoms. The average molecular weight is 367 g/mol. The molecule has 2 fully saturated rings. The van der Waals surface area contributed by atoms with Crippen molar-refractivity contribution in [2.45, 2.75) is 0 Å². The van der Waals surface area contributed by atoms with E-state index in [9.17, 15) is 9.18 Å². The summed E-state index contributed by atoms with van der Waals surface area (Å²) in [6.45, 7) is 3.49. The van der Waals surface area contributed by atoms with Crippen molar-refractivity contribution in [3.8, 4) is 6.07 Å². The summed E-state index contributed by atoms with van der Waals surface area (Å²) < 4.78 is 19.5. The van der Waals surface area contributed by atoms with E-state index in [2.05, 4.69) is 16.0 Å². The molecule has 1 aromatic carbocycles. The van der Waals surface area contributed by atoms with Gasteiger partial charge in [-0.3, -0.25) is 4.90 Å². The van der Waals surface area contributed by atoms with Crippen molar-refractivity contribution in [2.75, 3.05) is 54.0 Å². The number of amides is 1. The summed E-state index contributed by atoms with van der Waals surface area (Å²) in [6.07, 6.45) is 1.12. The Labute approximate surface area is 156 Å². The molecule has 3 heterocycles. The van der Waals surface area contributed by atoms with E-state index in [0.29, 0.717) is 56.3 Å². The second kappa shape index (κ2) is 7.11. The van der Waals surface area contributed by atoms with Gasteiger partial charge in [0.05, 0.1) is 23.5 Å². The molecular formula is C19H18FN5O2. The number of cyclic esters (lactones) is 1. The molecule has 0 atom stereocenters. The number of piperazine rings is 1. The summed E-state index contributed by atoms with van der Waals surface area (Å²) in [4.78, 5) is 21.5. The van der Waals surface area contributed by atoms with Gasteiger partial charge in [0, 0.05) is 32.4 Å². The Morgan fingerprint density at radius 2 is 1.85 bits per heavy atom. The number of hydrogen-bond donors (Lipinski definition) is 0. The van der Waals surface area contributed by atoms with Crippen LogP contribution in [0.25, 0.3) is 0 Å². The summed E-state index contributed by atoms with van der Waals surface area (Å²) in [5, 5.41) is 8.85. The van der Waals surface area contributed by atoms with Gasteiger partial charge in [-0.15, -0.1) is 0 Å². The number of nitrogens with zero attached hydrogens (tertiary/aromatic N) is 5. The van der Waals surface area contributed by atoms with Gasteiger partial charge < -0.3 is 14.5 Å². The van der Waals surface area contributed by atoms with Gasteiger partial charge in [0.15, 0.2) is 0 Å². The van der Waals surface area contributed by atoms with Gasteiger partial charge in [0.1, 0.15) is 24.3 Å². The zero-order valence-corrected chi connectivity index (χ0v) is 14.6. The summed E-state index contributed by atoms with van der Waals surface area (Å²) in [7, 11) is 0. The van der Waals surface area contributed by atoms with E-state index in [1.54, 1.807) is 24.4 Å². The number of hydrogen-bond acceptors (Lipinski definition) is 6. The number of nitriles is 1. The summed E-state index contributed by atoms with van der Waals surface area (Å²) in [5.74, 6) is 0.467. The lowest BCUT2D eigenvalue weighted by molar-refractivity contribution is 0.181. The SMILES string of the molecule is N#Cc1ccc(N2CCN(c3ccc(N4CCOC4=O)cc3F)CC2)nc1. The summed E-state index contributed by atoms with van der Waals surface area (Å²) >= 11 is 0. The second-order valence-corrected chi connectivity index (χ2v) is 6.39. The van der Waals surface area contributed by atoms with Gasteiger partial charge in [-0.25, -0.2) is 14.2 Å². The third-order valence-electron chi connectivity index (χ3n) is 4.83. The minimum atomic E-state index is -0.439. The molecule has 2 aromatic rings. The summed E-state index contributed by atoms with van der Waals surface area (Å²) in [5.41, 5.74) is 1.57. The third-order valence-corrected chi connectivity index (χ3v) is 4.83. The molecular weight excluding hydrogens is 349 g/mol. The highest BCUT2D eigenvalue weighted by atomic mass is 19.1. The van der Waals surface area contributed by atoms with Crippen LogP contribution in [0.4, 0.5) is 26.4 Å². The van der Waals surface area contributed by atoms with Gasteiger partial charge >= 0.3 is 6.09 Å². The van der Waals surface area contributed by atoms with Crippen molar-refractivity contribution in [2.24, 2.45) is 0 Å². The van der Waals surface area contributed by atoms with Crippen LogP contribution < -0.4 is 14.7 Å².